The lowest BCUT2D eigenvalue weighted by Gasteiger charge is -2.14. The minimum Gasteiger partial charge on any atom is -0.494 e. The summed E-state index contributed by atoms with van der Waals surface area (Å²) >= 11 is 0. The van der Waals surface area contributed by atoms with E-state index in [0.717, 1.165) is 5.56 Å². The zero-order valence-corrected chi connectivity index (χ0v) is 19.6. The first-order valence-corrected chi connectivity index (χ1v) is 12.1. The van der Waals surface area contributed by atoms with Crippen LogP contribution >= 0.6 is 0 Å². The van der Waals surface area contributed by atoms with Gasteiger partial charge in [-0.05, 0) is 56.7 Å². The number of sulfonamides is 1. The molecule has 3 N–H and O–H groups in total. The van der Waals surface area contributed by atoms with E-state index in [1.165, 1.54) is 6.07 Å². The fourth-order valence-corrected chi connectivity index (χ4v) is 4.04. The quantitative estimate of drug-likeness (QED) is 0.341. The minimum atomic E-state index is -3.80. The monoisotopic (exact) mass is 472 g/mol. The first-order valence-electron chi connectivity index (χ1n) is 10.6. The maximum absolute atomic E-state index is 12.8. The predicted molar refractivity (Wildman–Crippen MR) is 127 cm³/mol. The number of hydrogen-bond acceptors (Lipinski definition) is 9. The number of ether oxygens (including phenoxy) is 2. The van der Waals surface area contributed by atoms with Crippen LogP contribution < -0.4 is 24.8 Å². The van der Waals surface area contributed by atoms with Crippen molar-refractivity contribution in [1.82, 2.24) is 19.9 Å². The summed E-state index contributed by atoms with van der Waals surface area (Å²) in [6, 6.07) is 12.1. The minimum absolute atomic E-state index is 0.0373. The summed E-state index contributed by atoms with van der Waals surface area (Å²) in [7, 11) is -3.80. The Labute approximate surface area is 193 Å². The fraction of sp³-hybridized carbons (Fsp3) is 0.318. The van der Waals surface area contributed by atoms with Crippen molar-refractivity contribution in [2.24, 2.45) is 0 Å². The number of nitrogens with one attached hydrogen (secondary N) is 3. The molecule has 176 valence electrons. The van der Waals surface area contributed by atoms with Crippen molar-refractivity contribution in [3.8, 4) is 11.5 Å². The van der Waals surface area contributed by atoms with Crippen LogP contribution in [-0.2, 0) is 10.0 Å². The standard InChI is InChI=1S/C22H28N6O4S/c1-4-31-17-7-8-18(32-5-2)19(14-17)33(29,30)25-13-12-23-21-10-11-22(28-27-21)26-20-9-6-16(3)15-24-20/h6-11,14-15,25H,4-5,12-13H2,1-3H3,(H,23,27)(H,24,26,28). The van der Waals surface area contributed by atoms with Gasteiger partial charge in [0.25, 0.3) is 0 Å². The Morgan fingerprint density at radius 3 is 2.27 bits per heavy atom. The van der Waals surface area contributed by atoms with Crippen molar-refractivity contribution >= 4 is 27.5 Å². The van der Waals surface area contributed by atoms with Crippen molar-refractivity contribution in [2.45, 2.75) is 25.7 Å². The molecule has 1 aromatic carbocycles. The van der Waals surface area contributed by atoms with Crippen molar-refractivity contribution < 1.29 is 17.9 Å². The average molecular weight is 473 g/mol. The van der Waals surface area contributed by atoms with E-state index in [-0.39, 0.29) is 17.2 Å². The van der Waals surface area contributed by atoms with Crippen LogP contribution in [0.3, 0.4) is 0 Å². The first kappa shape index (κ1) is 24.2. The molecule has 0 spiro atoms. The van der Waals surface area contributed by atoms with Gasteiger partial charge in [0.15, 0.2) is 5.82 Å². The number of aryl methyl sites for hydroxylation is 1. The van der Waals surface area contributed by atoms with Crippen LogP contribution in [-0.4, -0.2) is 49.9 Å². The Balaban J connectivity index is 1.54. The third kappa shape index (κ3) is 7.02. The van der Waals surface area contributed by atoms with Crippen molar-refractivity contribution in [3.05, 3.63) is 54.2 Å². The van der Waals surface area contributed by atoms with Crippen LogP contribution in [0.5, 0.6) is 11.5 Å². The Kier molecular flexibility index (Phi) is 8.39. The highest BCUT2D eigenvalue weighted by molar-refractivity contribution is 7.89. The Hall–Kier alpha value is -3.44. The molecule has 11 heteroatoms. The third-order valence-electron chi connectivity index (χ3n) is 4.37. The van der Waals surface area contributed by atoms with Crippen LogP contribution in [0.4, 0.5) is 17.5 Å². The molecule has 0 amide bonds. The third-order valence-corrected chi connectivity index (χ3v) is 5.85. The van der Waals surface area contributed by atoms with E-state index in [4.69, 9.17) is 9.47 Å². The van der Waals surface area contributed by atoms with E-state index in [1.54, 1.807) is 37.4 Å². The Morgan fingerprint density at radius 2 is 1.61 bits per heavy atom. The van der Waals surface area contributed by atoms with E-state index in [0.29, 0.717) is 43.0 Å². The van der Waals surface area contributed by atoms with Gasteiger partial charge in [-0.25, -0.2) is 18.1 Å². The zero-order chi connectivity index (χ0) is 23.7. The molecule has 10 nitrogen and oxygen atoms in total. The van der Waals surface area contributed by atoms with Gasteiger partial charge >= 0.3 is 0 Å². The largest absolute Gasteiger partial charge is 0.494 e. The molecule has 2 heterocycles. The average Bonchev–Trinajstić information content (AvgIpc) is 2.80. The molecule has 0 unspecified atom stereocenters. The summed E-state index contributed by atoms with van der Waals surface area (Å²) in [5.41, 5.74) is 1.07. The second-order valence-corrected chi connectivity index (χ2v) is 8.68. The summed E-state index contributed by atoms with van der Waals surface area (Å²) in [6.45, 7) is 6.83. The molecule has 0 aliphatic carbocycles. The van der Waals surface area contributed by atoms with Gasteiger partial charge in [-0.15, -0.1) is 10.2 Å². The molecule has 0 aliphatic heterocycles. The molecule has 0 bridgehead atoms. The van der Waals surface area contributed by atoms with Crippen LogP contribution in [0.25, 0.3) is 0 Å². The number of anilines is 3. The van der Waals surface area contributed by atoms with Crippen LogP contribution in [0.1, 0.15) is 19.4 Å². The molecular formula is C22H28N6O4S. The van der Waals surface area contributed by atoms with Crippen molar-refractivity contribution in [1.29, 1.82) is 0 Å². The second kappa shape index (κ2) is 11.4. The molecule has 0 radical (unpaired) electrons. The van der Waals surface area contributed by atoms with Gasteiger partial charge in [0, 0.05) is 25.4 Å². The second-order valence-electron chi connectivity index (χ2n) is 6.95. The predicted octanol–water partition coefficient (Wildman–Crippen LogP) is 3.11. The molecule has 0 aliphatic rings. The highest BCUT2D eigenvalue weighted by Gasteiger charge is 2.20. The summed E-state index contributed by atoms with van der Waals surface area (Å²) in [6.07, 6.45) is 1.76. The molecule has 33 heavy (non-hydrogen) atoms. The van der Waals surface area contributed by atoms with E-state index in [1.807, 2.05) is 26.0 Å². The van der Waals surface area contributed by atoms with Gasteiger partial charge in [-0.2, -0.15) is 0 Å². The van der Waals surface area contributed by atoms with Gasteiger partial charge in [0.2, 0.25) is 10.0 Å². The SMILES string of the molecule is CCOc1ccc(OCC)c(S(=O)(=O)NCCNc2ccc(Nc3ccc(C)cn3)nn2)c1. The van der Waals surface area contributed by atoms with Crippen LogP contribution in [0.2, 0.25) is 0 Å². The lowest BCUT2D eigenvalue weighted by atomic mass is 10.3. The van der Waals surface area contributed by atoms with Gasteiger partial charge in [-0.3, -0.25) is 0 Å². The number of pyridine rings is 1. The molecule has 0 atom stereocenters. The van der Waals surface area contributed by atoms with Gasteiger partial charge < -0.3 is 20.1 Å². The number of nitrogens with zero attached hydrogens (tertiary/aromatic N) is 3. The van der Waals surface area contributed by atoms with E-state index >= 15 is 0 Å². The highest BCUT2D eigenvalue weighted by atomic mass is 32.2. The summed E-state index contributed by atoms with van der Waals surface area (Å²) < 4.78 is 39.1. The molecular weight excluding hydrogens is 444 g/mol. The normalized spacial score (nSPS) is 11.1. The summed E-state index contributed by atoms with van der Waals surface area (Å²) in [4.78, 5) is 4.30. The van der Waals surface area contributed by atoms with Crippen LogP contribution in [0.15, 0.2) is 53.6 Å². The number of rotatable bonds is 12. The van der Waals surface area contributed by atoms with Crippen molar-refractivity contribution in [3.63, 3.8) is 0 Å². The van der Waals surface area contributed by atoms with Gasteiger partial charge in [-0.1, -0.05) is 6.07 Å². The lowest BCUT2D eigenvalue weighted by Crippen LogP contribution is -2.29. The summed E-state index contributed by atoms with van der Waals surface area (Å²) in [5, 5.41) is 14.3. The molecule has 0 saturated heterocycles. The highest BCUT2D eigenvalue weighted by Crippen LogP contribution is 2.28. The Morgan fingerprint density at radius 1 is 0.879 bits per heavy atom. The molecule has 0 saturated carbocycles. The smallest absolute Gasteiger partial charge is 0.244 e. The summed E-state index contributed by atoms with van der Waals surface area (Å²) in [5.74, 6) is 2.48. The van der Waals surface area contributed by atoms with E-state index in [9.17, 15) is 8.42 Å². The first-order chi connectivity index (χ1) is 15.9. The number of benzene rings is 1. The van der Waals surface area contributed by atoms with Gasteiger partial charge in [0.05, 0.1) is 13.2 Å². The Bertz CT molecular complexity index is 1140. The number of hydrogen-bond donors (Lipinski definition) is 3. The topological polar surface area (TPSA) is 127 Å². The van der Waals surface area contributed by atoms with Crippen LogP contribution in [0, 0.1) is 6.92 Å². The fourth-order valence-electron chi connectivity index (χ4n) is 2.85. The van der Waals surface area contributed by atoms with E-state index in [2.05, 4.69) is 30.5 Å². The zero-order valence-electron chi connectivity index (χ0n) is 18.8. The number of aromatic nitrogens is 3. The van der Waals surface area contributed by atoms with E-state index < -0.39 is 10.0 Å². The van der Waals surface area contributed by atoms with Gasteiger partial charge in [0.1, 0.15) is 28.0 Å². The molecule has 0 fully saturated rings. The van der Waals surface area contributed by atoms with Crippen molar-refractivity contribution in [2.75, 3.05) is 36.9 Å². The molecule has 3 aromatic rings. The maximum atomic E-state index is 12.8. The molecule has 2 aromatic heterocycles. The maximum Gasteiger partial charge on any atom is 0.244 e. The molecule has 3 rings (SSSR count). The lowest BCUT2D eigenvalue weighted by molar-refractivity contribution is 0.322.